The van der Waals surface area contributed by atoms with E-state index < -0.39 is 0 Å². The first-order valence-corrected chi connectivity index (χ1v) is 7.27. The standard InChI is InChI=1S/C12H11N3O2S2/c1-8-14-15-12(19-8)18-7-10(16)13-11(17)9-5-3-2-4-6-9/h2-6H,7H2,1H3,(H,13,16,17). The molecular formula is C12H11N3O2S2. The van der Waals surface area contributed by atoms with Crippen molar-refractivity contribution in [2.24, 2.45) is 0 Å². The summed E-state index contributed by atoms with van der Waals surface area (Å²) in [6, 6.07) is 8.62. The number of thioether (sulfide) groups is 1. The van der Waals surface area contributed by atoms with E-state index in [0.29, 0.717) is 5.56 Å². The largest absolute Gasteiger partial charge is 0.292 e. The number of hydrogen-bond donors (Lipinski definition) is 1. The van der Waals surface area contributed by atoms with Crippen molar-refractivity contribution in [2.75, 3.05) is 5.75 Å². The van der Waals surface area contributed by atoms with Gasteiger partial charge in [-0.05, 0) is 19.1 Å². The van der Waals surface area contributed by atoms with Gasteiger partial charge in [-0.1, -0.05) is 41.3 Å². The Hall–Kier alpha value is -1.73. The van der Waals surface area contributed by atoms with Crippen LogP contribution in [0.4, 0.5) is 0 Å². The summed E-state index contributed by atoms with van der Waals surface area (Å²) in [6.45, 7) is 1.85. The maximum atomic E-state index is 11.7. The van der Waals surface area contributed by atoms with E-state index in [-0.39, 0.29) is 17.6 Å². The Morgan fingerprint density at radius 3 is 2.63 bits per heavy atom. The Bertz CT molecular complexity index is 584. The number of amides is 2. The normalized spacial score (nSPS) is 10.2. The monoisotopic (exact) mass is 293 g/mol. The molecule has 98 valence electrons. The van der Waals surface area contributed by atoms with Crippen molar-refractivity contribution in [3.8, 4) is 0 Å². The van der Waals surface area contributed by atoms with Gasteiger partial charge < -0.3 is 0 Å². The smallest absolute Gasteiger partial charge is 0.257 e. The van der Waals surface area contributed by atoms with Gasteiger partial charge in [0.15, 0.2) is 4.34 Å². The van der Waals surface area contributed by atoms with Gasteiger partial charge in [-0.3, -0.25) is 14.9 Å². The molecule has 2 amide bonds. The first-order chi connectivity index (χ1) is 9.15. The molecule has 0 spiro atoms. The van der Waals surface area contributed by atoms with Gasteiger partial charge in [0.25, 0.3) is 5.91 Å². The van der Waals surface area contributed by atoms with Crippen LogP contribution in [0, 0.1) is 6.92 Å². The zero-order chi connectivity index (χ0) is 13.7. The molecule has 2 aromatic rings. The van der Waals surface area contributed by atoms with Gasteiger partial charge in [0.05, 0.1) is 5.75 Å². The van der Waals surface area contributed by atoms with E-state index in [1.54, 1.807) is 24.3 Å². The highest BCUT2D eigenvalue weighted by atomic mass is 32.2. The quantitative estimate of drug-likeness (QED) is 0.872. The van der Waals surface area contributed by atoms with Crippen LogP contribution < -0.4 is 5.32 Å². The van der Waals surface area contributed by atoms with Crippen LogP contribution in [-0.2, 0) is 4.79 Å². The van der Waals surface area contributed by atoms with E-state index in [1.807, 2.05) is 13.0 Å². The lowest BCUT2D eigenvalue weighted by atomic mass is 10.2. The molecular weight excluding hydrogens is 282 g/mol. The van der Waals surface area contributed by atoms with Crippen molar-refractivity contribution in [1.29, 1.82) is 0 Å². The lowest BCUT2D eigenvalue weighted by Gasteiger charge is -2.02. The van der Waals surface area contributed by atoms with Gasteiger partial charge in [-0.25, -0.2) is 0 Å². The van der Waals surface area contributed by atoms with Crippen molar-refractivity contribution >= 4 is 34.9 Å². The van der Waals surface area contributed by atoms with Crippen LogP contribution in [0.25, 0.3) is 0 Å². The fourth-order valence-corrected chi connectivity index (χ4v) is 2.90. The van der Waals surface area contributed by atoms with Crippen molar-refractivity contribution in [2.45, 2.75) is 11.3 Å². The summed E-state index contributed by atoms with van der Waals surface area (Å²) in [7, 11) is 0. The number of carbonyl (C=O) groups is 2. The average molecular weight is 293 g/mol. The number of imide groups is 1. The molecule has 0 fully saturated rings. The predicted octanol–water partition coefficient (Wildman–Crippen LogP) is 1.90. The zero-order valence-electron chi connectivity index (χ0n) is 10.1. The summed E-state index contributed by atoms with van der Waals surface area (Å²) >= 11 is 2.69. The lowest BCUT2D eigenvalue weighted by molar-refractivity contribution is -0.117. The second-order valence-corrected chi connectivity index (χ2v) is 6.02. The number of rotatable bonds is 4. The van der Waals surface area contributed by atoms with Gasteiger partial charge in [-0.2, -0.15) is 0 Å². The van der Waals surface area contributed by atoms with Crippen LogP contribution in [0.2, 0.25) is 0 Å². The second-order valence-electron chi connectivity index (χ2n) is 3.62. The molecule has 0 bridgehead atoms. The van der Waals surface area contributed by atoms with Crippen molar-refractivity contribution in [3.05, 3.63) is 40.9 Å². The van der Waals surface area contributed by atoms with Crippen molar-refractivity contribution in [3.63, 3.8) is 0 Å². The summed E-state index contributed by atoms with van der Waals surface area (Å²) in [6.07, 6.45) is 0. The SMILES string of the molecule is Cc1nnc(SCC(=O)NC(=O)c2ccccc2)s1. The molecule has 1 aromatic heterocycles. The fraction of sp³-hybridized carbons (Fsp3) is 0.167. The third-order valence-electron chi connectivity index (χ3n) is 2.12. The molecule has 1 N–H and O–H groups in total. The van der Waals surface area contributed by atoms with Gasteiger partial charge in [0.1, 0.15) is 5.01 Å². The van der Waals surface area contributed by atoms with E-state index in [1.165, 1.54) is 23.1 Å². The number of hydrogen-bond acceptors (Lipinski definition) is 6. The van der Waals surface area contributed by atoms with Gasteiger partial charge in [0.2, 0.25) is 5.91 Å². The zero-order valence-corrected chi connectivity index (χ0v) is 11.8. The highest BCUT2D eigenvalue weighted by Crippen LogP contribution is 2.21. The van der Waals surface area contributed by atoms with Gasteiger partial charge in [0, 0.05) is 5.56 Å². The highest BCUT2D eigenvalue weighted by molar-refractivity contribution is 8.01. The molecule has 0 aliphatic carbocycles. The molecule has 5 nitrogen and oxygen atoms in total. The molecule has 19 heavy (non-hydrogen) atoms. The number of nitrogens with zero attached hydrogens (tertiary/aromatic N) is 2. The highest BCUT2D eigenvalue weighted by Gasteiger charge is 2.11. The lowest BCUT2D eigenvalue weighted by Crippen LogP contribution is -2.31. The summed E-state index contributed by atoms with van der Waals surface area (Å²) in [5, 5.41) is 10.9. The minimum Gasteiger partial charge on any atom is -0.292 e. The molecule has 0 aliphatic heterocycles. The molecule has 0 radical (unpaired) electrons. The van der Waals surface area contributed by atoms with E-state index >= 15 is 0 Å². The minimum atomic E-state index is -0.389. The Labute approximate surface area is 118 Å². The summed E-state index contributed by atoms with van der Waals surface area (Å²) in [5.74, 6) is -0.584. The number of aryl methyl sites for hydroxylation is 1. The van der Waals surface area contributed by atoms with Crippen molar-refractivity contribution in [1.82, 2.24) is 15.5 Å². The van der Waals surface area contributed by atoms with E-state index in [4.69, 9.17) is 0 Å². The maximum Gasteiger partial charge on any atom is 0.257 e. The average Bonchev–Trinajstić information content (AvgIpc) is 2.83. The van der Waals surface area contributed by atoms with Crippen LogP contribution in [0.5, 0.6) is 0 Å². The Morgan fingerprint density at radius 2 is 2.00 bits per heavy atom. The molecule has 7 heteroatoms. The van der Waals surface area contributed by atoms with E-state index in [2.05, 4.69) is 15.5 Å². The fourth-order valence-electron chi connectivity index (χ4n) is 1.29. The molecule has 0 saturated carbocycles. The molecule has 1 heterocycles. The predicted molar refractivity (Wildman–Crippen MR) is 74.3 cm³/mol. The Balaban J connectivity index is 1.83. The molecule has 0 saturated heterocycles. The van der Waals surface area contributed by atoms with E-state index in [9.17, 15) is 9.59 Å². The summed E-state index contributed by atoms with van der Waals surface area (Å²) in [5.41, 5.74) is 0.465. The van der Waals surface area contributed by atoms with Crippen molar-refractivity contribution < 1.29 is 9.59 Å². The van der Waals surface area contributed by atoms with Crippen LogP contribution >= 0.6 is 23.1 Å². The summed E-state index contributed by atoms with van der Waals surface area (Å²) in [4.78, 5) is 23.3. The molecule has 1 aromatic carbocycles. The Kier molecular flexibility index (Phi) is 4.64. The molecule has 2 rings (SSSR count). The van der Waals surface area contributed by atoms with Crippen LogP contribution in [0.1, 0.15) is 15.4 Å². The van der Waals surface area contributed by atoms with Crippen LogP contribution in [0.3, 0.4) is 0 Å². The minimum absolute atomic E-state index is 0.146. The first-order valence-electron chi connectivity index (χ1n) is 5.47. The maximum absolute atomic E-state index is 11.7. The first kappa shape index (κ1) is 13.7. The number of nitrogens with one attached hydrogen (secondary N) is 1. The molecule has 0 atom stereocenters. The van der Waals surface area contributed by atoms with Crippen LogP contribution in [-0.4, -0.2) is 27.8 Å². The number of aromatic nitrogens is 2. The molecule has 0 aliphatic rings. The number of carbonyl (C=O) groups excluding carboxylic acids is 2. The third-order valence-corrected chi connectivity index (χ3v) is 4.10. The number of benzene rings is 1. The Morgan fingerprint density at radius 1 is 1.26 bits per heavy atom. The molecule has 0 unspecified atom stereocenters. The van der Waals surface area contributed by atoms with Crippen LogP contribution in [0.15, 0.2) is 34.7 Å². The second kappa shape index (κ2) is 6.44. The topological polar surface area (TPSA) is 72.0 Å². The van der Waals surface area contributed by atoms with Gasteiger partial charge >= 0.3 is 0 Å². The summed E-state index contributed by atoms with van der Waals surface area (Å²) < 4.78 is 0.722. The third kappa shape index (κ3) is 4.15. The van der Waals surface area contributed by atoms with Gasteiger partial charge in [-0.15, -0.1) is 10.2 Å². The van der Waals surface area contributed by atoms with E-state index in [0.717, 1.165) is 9.35 Å².